The van der Waals surface area contributed by atoms with Crippen LogP contribution < -0.4 is 23.7 Å². The van der Waals surface area contributed by atoms with Gasteiger partial charge in [0.15, 0.2) is 0 Å². The van der Waals surface area contributed by atoms with Crippen molar-refractivity contribution < 1.29 is 28.8 Å². The van der Waals surface area contributed by atoms with Crippen LogP contribution in [0, 0.1) is 0 Å². The fourth-order valence-corrected chi connectivity index (χ4v) is 5.88. The Hall–Kier alpha value is -4.10. The molecular formula is C32H29BrO6. The molecule has 0 fully saturated rings. The number of methoxy groups -OCH3 is 5. The highest BCUT2D eigenvalue weighted by Gasteiger charge is 2.27. The molecule has 0 amide bonds. The lowest BCUT2D eigenvalue weighted by atomic mass is 9.80. The maximum atomic E-state index is 10.9. The Kier molecular flexibility index (Phi) is 7.44. The monoisotopic (exact) mass is 588 g/mol. The van der Waals surface area contributed by atoms with E-state index < -0.39 is 0 Å². The van der Waals surface area contributed by atoms with Crippen LogP contribution in [0.1, 0.15) is 22.6 Å². The van der Waals surface area contributed by atoms with Gasteiger partial charge in [0.05, 0.1) is 46.3 Å². The van der Waals surface area contributed by atoms with E-state index in [0.717, 1.165) is 37.3 Å². The van der Waals surface area contributed by atoms with Crippen LogP contribution in [0.3, 0.4) is 0 Å². The van der Waals surface area contributed by atoms with Gasteiger partial charge in [0.1, 0.15) is 34.5 Å². The summed E-state index contributed by atoms with van der Waals surface area (Å²) < 4.78 is 29.4. The second-order valence-electron chi connectivity index (χ2n) is 8.99. The molecule has 0 radical (unpaired) electrons. The van der Waals surface area contributed by atoms with Crippen LogP contribution in [0.5, 0.6) is 34.5 Å². The first-order valence-corrected chi connectivity index (χ1v) is 13.1. The molecule has 6 nitrogen and oxygen atoms in total. The molecule has 5 rings (SSSR count). The lowest BCUT2D eigenvalue weighted by molar-refractivity contribution is 0.393. The first kappa shape index (κ1) is 26.5. The minimum Gasteiger partial charge on any atom is -0.507 e. The largest absolute Gasteiger partial charge is 0.507 e. The molecule has 0 saturated heterocycles. The zero-order chi connectivity index (χ0) is 27.7. The number of halogens is 1. The van der Waals surface area contributed by atoms with Crippen molar-refractivity contribution in [2.24, 2.45) is 0 Å². The van der Waals surface area contributed by atoms with E-state index in [1.165, 1.54) is 0 Å². The summed E-state index contributed by atoms with van der Waals surface area (Å²) in [4.78, 5) is 0. The van der Waals surface area contributed by atoms with Crippen molar-refractivity contribution in [1.82, 2.24) is 0 Å². The van der Waals surface area contributed by atoms with Gasteiger partial charge in [-0.05, 0) is 64.5 Å². The van der Waals surface area contributed by atoms with Crippen molar-refractivity contribution in [1.29, 1.82) is 0 Å². The highest BCUT2D eigenvalue weighted by atomic mass is 79.9. The standard InChI is InChI=1S/C32H29BrO6/c1-35-19-15-18(16-20(17-19)36-2)29(22-9-12-25(34)31-21(22)7-6-8-26(31)37-3)23-10-13-27(38-4)32-28(39-5)14-11-24(33)30(23)32/h6-17,29,34H,1-5H3. The second-order valence-corrected chi connectivity index (χ2v) is 9.85. The quantitative estimate of drug-likeness (QED) is 0.187. The van der Waals surface area contributed by atoms with Gasteiger partial charge in [0, 0.05) is 21.8 Å². The molecule has 39 heavy (non-hydrogen) atoms. The van der Waals surface area contributed by atoms with Gasteiger partial charge in [-0.15, -0.1) is 0 Å². The highest BCUT2D eigenvalue weighted by molar-refractivity contribution is 9.10. The first-order valence-electron chi connectivity index (χ1n) is 12.3. The summed E-state index contributed by atoms with van der Waals surface area (Å²) in [5.41, 5.74) is 2.92. The Bertz CT molecular complexity index is 1650. The third kappa shape index (κ3) is 4.57. The third-order valence-electron chi connectivity index (χ3n) is 7.07. The molecule has 0 aliphatic rings. The van der Waals surface area contributed by atoms with Gasteiger partial charge < -0.3 is 28.8 Å². The van der Waals surface area contributed by atoms with Gasteiger partial charge in [-0.3, -0.25) is 0 Å². The van der Waals surface area contributed by atoms with Crippen LogP contribution in [-0.4, -0.2) is 40.7 Å². The van der Waals surface area contributed by atoms with Crippen LogP contribution in [0.2, 0.25) is 0 Å². The molecule has 0 saturated carbocycles. The summed E-state index contributed by atoms with van der Waals surface area (Å²) in [7, 11) is 8.18. The number of ether oxygens (including phenoxy) is 5. The molecule has 0 heterocycles. The van der Waals surface area contributed by atoms with Crippen LogP contribution in [0.25, 0.3) is 21.5 Å². The molecule has 1 N–H and O–H groups in total. The average molecular weight is 589 g/mol. The SMILES string of the molecule is COc1cc(OC)cc(C(c2ccc(O)c3c(OC)cccc23)c2ccc(OC)c3c(OC)ccc(Br)c23)c1. The summed E-state index contributed by atoms with van der Waals surface area (Å²) in [5, 5.41) is 14.2. The van der Waals surface area contributed by atoms with E-state index in [0.29, 0.717) is 34.1 Å². The molecule has 5 aromatic carbocycles. The minimum absolute atomic E-state index is 0.149. The normalized spacial score (nSPS) is 11.8. The Balaban J connectivity index is 1.95. The van der Waals surface area contributed by atoms with E-state index in [2.05, 4.69) is 22.0 Å². The van der Waals surface area contributed by atoms with Crippen molar-refractivity contribution in [2.45, 2.75) is 5.92 Å². The number of aromatic hydroxyl groups is 1. The van der Waals surface area contributed by atoms with E-state index in [4.69, 9.17) is 23.7 Å². The van der Waals surface area contributed by atoms with Gasteiger partial charge in [-0.25, -0.2) is 0 Å². The molecule has 1 unspecified atom stereocenters. The summed E-state index contributed by atoms with van der Waals surface area (Å²) in [6.07, 6.45) is 0. The van der Waals surface area contributed by atoms with Crippen molar-refractivity contribution >= 4 is 37.5 Å². The molecule has 1 atom stereocenters. The number of hydrogen-bond donors (Lipinski definition) is 1. The predicted molar refractivity (Wildman–Crippen MR) is 157 cm³/mol. The second kappa shape index (κ2) is 10.9. The van der Waals surface area contributed by atoms with Crippen molar-refractivity contribution in [2.75, 3.05) is 35.5 Å². The van der Waals surface area contributed by atoms with E-state index in [1.54, 1.807) is 41.6 Å². The molecule has 0 bridgehead atoms. The molecule has 0 spiro atoms. The fourth-order valence-electron chi connectivity index (χ4n) is 5.32. The topological polar surface area (TPSA) is 66.4 Å². The first-order chi connectivity index (χ1) is 18.9. The number of phenols is 1. The highest BCUT2D eigenvalue weighted by Crippen LogP contribution is 2.48. The van der Waals surface area contributed by atoms with Gasteiger partial charge >= 0.3 is 0 Å². The van der Waals surface area contributed by atoms with Gasteiger partial charge in [-0.2, -0.15) is 0 Å². The van der Waals surface area contributed by atoms with Gasteiger partial charge in [0.2, 0.25) is 0 Å². The minimum atomic E-state index is -0.305. The third-order valence-corrected chi connectivity index (χ3v) is 7.73. The zero-order valence-electron chi connectivity index (χ0n) is 22.4. The Morgan fingerprint density at radius 1 is 0.590 bits per heavy atom. The predicted octanol–water partition coefficient (Wildman–Crippen LogP) is 7.68. The lowest BCUT2D eigenvalue weighted by Gasteiger charge is -2.25. The molecule has 0 aromatic heterocycles. The van der Waals surface area contributed by atoms with Gasteiger partial charge in [-0.1, -0.05) is 40.2 Å². The maximum Gasteiger partial charge on any atom is 0.130 e. The maximum absolute atomic E-state index is 10.9. The van der Waals surface area contributed by atoms with Crippen LogP contribution >= 0.6 is 15.9 Å². The Morgan fingerprint density at radius 2 is 1.18 bits per heavy atom. The van der Waals surface area contributed by atoms with Crippen molar-refractivity contribution in [3.8, 4) is 34.5 Å². The fraction of sp³-hybridized carbons (Fsp3) is 0.188. The average Bonchev–Trinajstić information content (AvgIpc) is 2.98. The van der Waals surface area contributed by atoms with E-state index in [9.17, 15) is 5.11 Å². The molecule has 0 aliphatic carbocycles. The van der Waals surface area contributed by atoms with E-state index in [-0.39, 0.29) is 11.7 Å². The zero-order valence-corrected chi connectivity index (χ0v) is 24.0. The smallest absolute Gasteiger partial charge is 0.130 e. The number of phenolic OH excluding ortho intramolecular Hbond substituents is 1. The lowest BCUT2D eigenvalue weighted by Crippen LogP contribution is -2.07. The number of hydrogen-bond acceptors (Lipinski definition) is 6. The van der Waals surface area contributed by atoms with E-state index in [1.807, 2.05) is 60.7 Å². The number of benzene rings is 5. The molecule has 5 aromatic rings. The van der Waals surface area contributed by atoms with Crippen LogP contribution in [0.15, 0.2) is 77.3 Å². The summed E-state index contributed by atoms with van der Waals surface area (Å²) in [6, 6.07) is 23.2. The van der Waals surface area contributed by atoms with Gasteiger partial charge in [0.25, 0.3) is 0 Å². The van der Waals surface area contributed by atoms with Crippen molar-refractivity contribution in [3.05, 3.63) is 94.0 Å². The number of rotatable bonds is 8. The molecule has 7 heteroatoms. The van der Waals surface area contributed by atoms with Crippen molar-refractivity contribution in [3.63, 3.8) is 0 Å². The molecule has 200 valence electrons. The Morgan fingerprint density at radius 3 is 1.79 bits per heavy atom. The van der Waals surface area contributed by atoms with Crippen LogP contribution in [0.4, 0.5) is 0 Å². The summed E-state index contributed by atoms with van der Waals surface area (Å²) >= 11 is 3.81. The Labute approximate surface area is 235 Å². The van der Waals surface area contributed by atoms with Crippen LogP contribution in [-0.2, 0) is 0 Å². The molecular weight excluding hydrogens is 560 g/mol. The molecule has 0 aliphatic heterocycles. The van der Waals surface area contributed by atoms with E-state index >= 15 is 0 Å². The number of fused-ring (bicyclic) bond motifs is 2. The summed E-state index contributed by atoms with van der Waals surface area (Å²) in [5.74, 6) is 3.18. The summed E-state index contributed by atoms with van der Waals surface area (Å²) in [6.45, 7) is 0.